The molecule has 0 aliphatic carbocycles. The Bertz CT molecular complexity index is 1000. The number of hydrogen-bond donors (Lipinski definition) is 1. The monoisotopic (exact) mass is 337 g/mol. The number of anilines is 1. The predicted molar refractivity (Wildman–Crippen MR) is 95.8 cm³/mol. The number of pyridine rings is 1. The van der Waals surface area contributed by atoms with E-state index in [0.29, 0.717) is 11.6 Å². The summed E-state index contributed by atoms with van der Waals surface area (Å²) in [6, 6.07) is 13.8. The standard InChI is InChI=1S/C18H16ClN5/c1-13-11-24(17-8-3-2-7-16(17)19)22-18(13)21-10-15-6-4-5-14-9-20-12-23(14)15/h2-9,11-12H,10H2,1H3,(H,21,22). The number of aromatic nitrogens is 4. The van der Waals surface area contributed by atoms with Crippen LogP contribution in [0.4, 0.5) is 5.82 Å². The largest absolute Gasteiger partial charge is 0.363 e. The first-order valence-corrected chi connectivity index (χ1v) is 8.05. The molecule has 3 aromatic heterocycles. The molecule has 4 aromatic rings. The minimum atomic E-state index is 0.661. The number of imidazole rings is 1. The Morgan fingerprint density at radius 3 is 2.88 bits per heavy atom. The molecule has 0 saturated heterocycles. The summed E-state index contributed by atoms with van der Waals surface area (Å²) >= 11 is 6.25. The van der Waals surface area contributed by atoms with Crippen LogP contribution in [0.5, 0.6) is 0 Å². The molecule has 0 aliphatic heterocycles. The molecule has 0 radical (unpaired) electrons. The lowest BCUT2D eigenvalue weighted by molar-refractivity contribution is 0.873. The zero-order chi connectivity index (χ0) is 16.5. The first kappa shape index (κ1) is 14.8. The molecule has 0 aliphatic rings. The molecule has 24 heavy (non-hydrogen) atoms. The summed E-state index contributed by atoms with van der Waals surface area (Å²) in [5, 5.41) is 8.69. The van der Waals surface area contributed by atoms with E-state index in [1.165, 1.54) is 0 Å². The molecule has 3 heterocycles. The average molecular weight is 338 g/mol. The number of benzene rings is 1. The van der Waals surface area contributed by atoms with Crippen molar-refractivity contribution in [3.05, 3.63) is 77.5 Å². The van der Waals surface area contributed by atoms with Crippen molar-refractivity contribution in [1.29, 1.82) is 0 Å². The summed E-state index contributed by atoms with van der Waals surface area (Å²) in [7, 11) is 0. The molecule has 0 spiro atoms. The number of para-hydroxylation sites is 1. The number of hydrogen-bond acceptors (Lipinski definition) is 3. The lowest BCUT2D eigenvalue weighted by Crippen LogP contribution is -2.06. The first-order chi connectivity index (χ1) is 11.7. The van der Waals surface area contributed by atoms with Crippen molar-refractivity contribution in [3.63, 3.8) is 0 Å². The Balaban J connectivity index is 1.60. The maximum atomic E-state index is 6.25. The van der Waals surface area contributed by atoms with E-state index in [4.69, 9.17) is 11.6 Å². The number of rotatable bonds is 4. The van der Waals surface area contributed by atoms with Gasteiger partial charge >= 0.3 is 0 Å². The van der Waals surface area contributed by atoms with Gasteiger partial charge in [-0.2, -0.15) is 5.10 Å². The van der Waals surface area contributed by atoms with Crippen LogP contribution in [-0.2, 0) is 6.54 Å². The van der Waals surface area contributed by atoms with Gasteiger partial charge in [-0.05, 0) is 31.2 Å². The maximum absolute atomic E-state index is 6.25. The number of aryl methyl sites for hydroxylation is 1. The molecule has 0 saturated carbocycles. The second kappa shape index (κ2) is 6.02. The van der Waals surface area contributed by atoms with E-state index in [9.17, 15) is 0 Å². The Labute approximate surface area is 144 Å². The Kier molecular flexibility index (Phi) is 3.70. The predicted octanol–water partition coefficient (Wildman–Crippen LogP) is 4.09. The molecule has 4 rings (SSSR count). The van der Waals surface area contributed by atoms with E-state index in [1.807, 2.05) is 62.0 Å². The number of nitrogens with one attached hydrogen (secondary N) is 1. The third-order valence-corrected chi connectivity index (χ3v) is 4.29. The number of halogens is 1. The van der Waals surface area contributed by atoms with Crippen molar-refractivity contribution in [2.45, 2.75) is 13.5 Å². The van der Waals surface area contributed by atoms with Crippen LogP contribution in [0.3, 0.4) is 0 Å². The number of fused-ring (bicyclic) bond motifs is 1. The van der Waals surface area contributed by atoms with Crippen LogP contribution in [0.25, 0.3) is 11.2 Å². The van der Waals surface area contributed by atoms with Crippen LogP contribution in [0, 0.1) is 6.92 Å². The summed E-state index contributed by atoms with van der Waals surface area (Å²) in [4.78, 5) is 4.19. The third-order valence-electron chi connectivity index (χ3n) is 3.97. The van der Waals surface area contributed by atoms with Crippen LogP contribution in [0.1, 0.15) is 11.3 Å². The van der Waals surface area contributed by atoms with Crippen LogP contribution in [-0.4, -0.2) is 19.2 Å². The lowest BCUT2D eigenvalue weighted by Gasteiger charge is -2.07. The second-order valence-electron chi connectivity index (χ2n) is 5.62. The number of nitrogens with zero attached hydrogens (tertiary/aromatic N) is 4. The highest BCUT2D eigenvalue weighted by Gasteiger charge is 2.09. The average Bonchev–Trinajstić information content (AvgIpc) is 3.20. The van der Waals surface area contributed by atoms with E-state index >= 15 is 0 Å². The Morgan fingerprint density at radius 2 is 2.00 bits per heavy atom. The molecule has 0 bridgehead atoms. The van der Waals surface area contributed by atoms with E-state index in [0.717, 1.165) is 28.3 Å². The highest BCUT2D eigenvalue weighted by molar-refractivity contribution is 6.32. The van der Waals surface area contributed by atoms with Crippen molar-refractivity contribution in [2.24, 2.45) is 0 Å². The van der Waals surface area contributed by atoms with E-state index < -0.39 is 0 Å². The third kappa shape index (κ3) is 2.63. The molecule has 0 fully saturated rings. The van der Waals surface area contributed by atoms with Crippen molar-refractivity contribution < 1.29 is 0 Å². The fourth-order valence-corrected chi connectivity index (χ4v) is 2.94. The molecule has 0 atom stereocenters. The molecular formula is C18H16ClN5. The van der Waals surface area contributed by atoms with Gasteiger partial charge in [0.2, 0.25) is 0 Å². The normalized spacial score (nSPS) is 11.1. The van der Waals surface area contributed by atoms with Crippen molar-refractivity contribution in [3.8, 4) is 5.69 Å². The quantitative estimate of drug-likeness (QED) is 0.610. The minimum absolute atomic E-state index is 0.661. The zero-order valence-electron chi connectivity index (χ0n) is 13.1. The summed E-state index contributed by atoms with van der Waals surface area (Å²) in [6.45, 7) is 2.69. The van der Waals surface area contributed by atoms with Crippen LogP contribution in [0.2, 0.25) is 5.02 Å². The van der Waals surface area contributed by atoms with Gasteiger partial charge in [0.05, 0.1) is 35.3 Å². The summed E-state index contributed by atoms with van der Waals surface area (Å²) < 4.78 is 3.87. The lowest BCUT2D eigenvalue weighted by atomic mass is 10.3. The van der Waals surface area contributed by atoms with Gasteiger partial charge < -0.3 is 9.72 Å². The summed E-state index contributed by atoms with van der Waals surface area (Å²) in [5.74, 6) is 0.840. The molecule has 0 amide bonds. The zero-order valence-corrected chi connectivity index (χ0v) is 13.9. The van der Waals surface area contributed by atoms with Crippen LogP contribution in [0.15, 0.2) is 61.2 Å². The molecule has 5 nitrogen and oxygen atoms in total. The van der Waals surface area contributed by atoms with Crippen molar-refractivity contribution >= 4 is 22.9 Å². The molecule has 1 aromatic carbocycles. The molecular weight excluding hydrogens is 322 g/mol. The van der Waals surface area contributed by atoms with E-state index in [1.54, 1.807) is 4.68 Å². The van der Waals surface area contributed by atoms with Crippen molar-refractivity contribution in [1.82, 2.24) is 19.2 Å². The molecule has 6 heteroatoms. The van der Waals surface area contributed by atoms with Gasteiger partial charge in [-0.25, -0.2) is 9.67 Å². The smallest absolute Gasteiger partial charge is 0.151 e. The molecule has 0 unspecified atom stereocenters. The maximum Gasteiger partial charge on any atom is 0.151 e. The Hall–Kier alpha value is -2.79. The second-order valence-corrected chi connectivity index (χ2v) is 6.02. The van der Waals surface area contributed by atoms with Crippen molar-refractivity contribution in [2.75, 3.05) is 5.32 Å². The van der Waals surface area contributed by atoms with Crippen LogP contribution >= 0.6 is 11.6 Å². The van der Waals surface area contributed by atoms with Gasteiger partial charge in [0, 0.05) is 17.5 Å². The highest BCUT2D eigenvalue weighted by Crippen LogP contribution is 2.22. The van der Waals surface area contributed by atoms with Gasteiger partial charge in [-0.1, -0.05) is 29.8 Å². The Morgan fingerprint density at radius 1 is 1.12 bits per heavy atom. The van der Waals surface area contributed by atoms with Gasteiger partial charge in [-0.15, -0.1) is 0 Å². The fraction of sp³-hybridized carbons (Fsp3) is 0.111. The van der Waals surface area contributed by atoms with Crippen LogP contribution < -0.4 is 5.32 Å². The first-order valence-electron chi connectivity index (χ1n) is 7.67. The minimum Gasteiger partial charge on any atom is -0.363 e. The van der Waals surface area contributed by atoms with E-state index in [2.05, 4.69) is 25.9 Å². The van der Waals surface area contributed by atoms with Gasteiger partial charge in [0.25, 0.3) is 0 Å². The SMILES string of the molecule is Cc1cn(-c2ccccc2Cl)nc1NCc1cccc2cncn12. The topological polar surface area (TPSA) is 47.2 Å². The van der Waals surface area contributed by atoms with Gasteiger partial charge in [0.1, 0.15) is 0 Å². The van der Waals surface area contributed by atoms with Gasteiger partial charge in [0.15, 0.2) is 5.82 Å². The summed E-state index contributed by atoms with van der Waals surface area (Å²) in [5.41, 5.74) is 4.13. The van der Waals surface area contributed by atoms with Gasteiger partial charge in [-0.3, -0.25) is 0 Å². The fourth-order valence-electron chi connectivity index (χ4n) is 2.72. The highest BCUT2D eigenvalue weighted by atomic mass is 35.5. The molecule has 1 N–H and O–H groups in total. The van der Waals surface area contributed by atoms with E-state index in [-0.39, 0.29) is 0 Å². The summed E-state index contributed by atoms with van der Waals surface area (Å²) in [6.07, 6.45) is 5.64. The molecule has 120 valence electrons.